The van der Waals surface area contributed by atoms with Gasteiger partial charge in [-0.2, -0.15) is 0 Å². The highest BCUT2D eigenvalue weighted by Gasteiger charge is 2.41. The normalized spacial score (nSPS) is 17.6. The Kier molecular flexibility index (Phi) is 6.49. The molecular formula is C16H30N2O3. The summed E-state index contributed by atoms with van der Waals surface area (Å²) in [5.41, 5.74) is -0.512. The lowest BCUT2D eigenvalue weighted by Gasteiger charge is -2.46. The molecule has 0 unspecified atom stereocenters. The molecule has 0 heterocycles. The Bertz CT molecular complexity index is 361. The van der Waals surface area contributed by atoms with Crippen molar-refractivity contribution in [2.75, 3.05) is 14.1 Å². The van der Waals surface area contributed by atoms with Gasteiger partial charge in [-0.25, -0.2) is 4.79 Å². The van der Waals surface area contributed by atoms with Crippen LogP contribution < -0.4 is 0 Å². The summed E-state index contributed by atoms with van der Waals surface area (Å²) in [6.07, 6.45) is 6.59. The third-order valence-electron chi connectivity index (χ3n) is 5.05. The number of carboxylic acid groups (broad SMARTS) is 1. The van der Waals surface area contributed by atoms with Crippen LogP contribution in [0.15, 0.2) is 0 Å². The van der Waals surface area contributed by atoms with E-state index in [1.807, 2.05) is 7.05 Å². The fraction of sp³-hybridized carbons (Fsp3) is 0.875. The quantitative estimate of drug-likeness (QED) is 0.818. The molecule has 1 rings (SSSR count). The maximum Gasteiger partial charge on any atom is 0.320 e. The molecule has 122 valence electrons. The molecule has 0 aliphatic heterocycles. The highest BCUT2D eigenvalue weighted by molar-refractivity contribution is 5.77. The molecule has 5 nitrogen and oxygen atoms in total. The van der Waals surface area contributed by atoms with Crippen LogP contribution in [0.25, 0.3) is 0 Å². The highest BCUT2D eigenvalue weighted by atomic mass is 16.4. The molecule has 1 fully saturated rings. The zero-order chi connectivity index (χ0) is 16.0. The molecule has 1 N–H and O–H groups in total. The minimum Gasteiger partial charge on any atom is -0.481 e. The summed E-state index contributed by atoms with van der Waals surface area (Å²) in [5, 5.41) is 9.25. The largest absolute Gasteiger partial charge is 0.481 e. The Morgan fingerprint density at radius 3 is 2.05 bits per heavy atom. The SMILES string of the molecule is CCC(CC)N(C)C(=O)N(C)C1(CC(=O)O)CCCCC1. The molecule has 0 aromatic heterocycles. The lowest BCUT2D eigenvalue weighted by atomic mass is 9.78. The van der Waals surface area contributed by atoms with Gasteiger partial charge in [-0.05, 0) is 25.7 Å². The van der Waals surface area contributed by atoms with Gasteiger partial charge in [0.05, 0.1) is 12.0 Å². The van der Waals surface area contributed by atoms with Gasteiger partial charge in [0, 0.05) is 20.1 Å². The van der Waals surface area contributed by atoms with E-state index in [9.17, 15) is 14.7 Å². The van der Waals surface area contributed by atoms with Crippen LogP contribution in [0.2, 0.25) is 0 Å². The molecule has 21 heavy (non-hydrogen) atoms. The number of rotatable bonds is 6. The van der Waals surface area contributed by atoms with E-state index in [2.05, 4.69) is 13.8 Å². The summed E-state index contributed by atoms with van der Waals surface area (Å²) in [6, 6.07) is 0.164. The zero-order valence-electron chi connectivity index (χ0n) is 13.9. The van der Waals surface area contributed by atoms with E-state index in [1.165, 1.54) is 0 Å². The number of hydrogen-bond donors (Lipinski definition) is 1. The Hall–Kier alpha value is -1.26. The lowest BCUT2D eigenvalue weighted by molar-refractivity contribution is -0.140. The molecule has 0 radical (unpaired) electrons. The summed E-state index contributed by atoms with van der Waals surface area (Å²) in [7, 11) is 3.60. The van der Waals surface area contributed by atoms with Crippen LogP contribution in [-0.2, 0) is 4.79 Å². The average Bonchev–Trinajstić information content (AvgIpc) is 2.47. The number of aliphatic carboxylic acids is 1. The molecule has 0 atom stereocenters. The molecule has 5 heteroatoms. The van der Waals surface area contributed by atoms with E-state index in [4.69, 9.17) is 0 Å². The second-order valence-corrected chi connectivity index (χ2v) is 6.28. The van der Waals surface area contributed by atoms with Crippen LogP contribution in [-0.4, -0.2) is 52.6 Å². The summed E-state index contributed by atoms with van der Waals surface area (Å²) in [4.78, 5) is 27.5. The number of carbonyl (C=O) groups excluding carboxylic acids is 1. The number of carbonyl (C=O) groups is 2. The molecular weight excluding hydrogens is 268 g/mol. The highest BCUT2D eigenvalue weighted by Crippen LogP contribution is 2.36. The second-order valence-electron chi connectivity index (χ2n) is 6.28. The van der Waals surface area contributed by atoms with Gasteiger partial charge in [0.1, 0.15) is 0 Å². The number of hydrogen-bond acceptors (Lipinski definition) is 2. The zero-order valence-corrected chi connectivity index (χ0v) is 13.9. The minimum atomic E-state index is -0.818. The standard InChI is InChI=1S/C16H30N2O3/c1-5-13(6-2)17(3)15(21)18(4)16(12-14(19)20)10-8-7-9-11-16/h13H,5-12H2,1-4H3,(H,19,20). The molecule has 0 aromatic carbocycles. The Balaban J connectivity index is 2.91. The molecule has 1 aliphatic carbocycles. The first-order chi connectivity index (χ1) is 9.88. The van der Waals surface area contributed by atoms with Crippen molar-refractivity contribution >= 4 is 12.0 Å². The fourth-order valence-corrected chi connectivity index (χ4v) is 3.55. The maximum atomic E-state index is 12.7. The number of urea groups is 1. The molecule has 0 bridgehead atoms. The third-order valence-corrected chi connectivity index (χ3v) is 5.05. The Morgan fingerprint density at radius 2 is 1.62 bits per heavy atom. The van der Waals surface area contributed by atoms with Crippen molar-refractivity contribution in [1.29, 1.82) is 0 Å². The van der Waals surface area contributed by atoms with Crippen molar-refractivity contribution in [2.24, 2.45) is 0 Å². The van der Waals surface area contributed by atoms with Crippen molar-refractivity contribution in [3.8, 4) is 0 Å². The Labute approximate surface area is 128 Å². The van der Waals surface area contributed by atoms with Crippen molar-refractivity contribution < 1.29 is 14.7 Å². The monoisotopic (exact) mass is 298 g/mol. The Morgan fingerprint density at radius 1 is 1.10 bits per heavy atom. The first-order valence-electron chi connectivity index (χ1n) is 8.10. The van der Waals surface area contributed by atoms with Crippen LogP contribution >= 0.6 is 0 Å². The predicted molar refractivity (Wildman–Crippen MR) is 83.4 cm³/mol. The maximum absolute atomic E-state index is 12.7. The van der Waals surface area contributed by atoms with E-state index >= 15 is 0 Å². The molecule has 0 saturated heterocycles. The van der Waals surface area contributed by atoms with Crippen molar-refractivity contribution in [3.63, 3.8) is 0 Å². The van der Waals surface area contributed by atoms with Crippen LogP contribution in [0.1, 0.15) is 65.2 Å². The number of amides is 2. The summed E-state index contributed by atoms with van der Waals surface area (Å²) < 4.78 is 0. The molecule has 1 aliphatic rings. The first-order valence-corrected chi connectivity index (χ1v) is 8.10. The van der Waals surface area contributed by atoms with Gasteiger partial charge in [0.2, 0.25) is 0 Å². The van der Waals surface area contributed by atoms with Gasteiger partial charge in [-0.1, -0.05) is 33.1 Å². The summed E-state index contributed by atoms with van der Waals surface area (Å²) in [5.74, 6) is -0.818. The van der Waals surface area contributed by atoms with Gasteiger partial charge in [-0.15, -0.1) is 0 Å². The summed E-state index contributed by atoms with van der Waals surface area (Å²) in [6.45, 7) is 4.15. The van der Waals surface area contributed by atoms with Gasteiger partial charge in [-0.3, -0.25) is 4.79 Å². The lowest BCUT2D eigenvalue weighted by Crippen LogP contribution is -2.56. The van der Waals surface area contributed by atoms with Gasteiger partial charge >= 0.3 is 12.0 Å². The molecule has 1 saturated carbocycles. The summed E-state index contributed by atoms with van der Waals surface area (Å²) >= 11 is 0. The number of carboxylic acids is 1. The van der Waals surface area contributed by atoms with Gasteiger partial charge in [0.25, 0.3) is 0 Å². The molecule has 2 amide bonds. The van der Waals surface area contributed by atoms with E-state index in [0.717, 1.165) is 44.9 Å². The third kappa shape index (κ3) is 4.11. The van der Waals surface area contributed by atoms with Crippen LogP contribution in [0.5, 0.6) is 0 Å². The van der Waals surface area contributed by atoms with E-state index in [-0.39, 0.29) is 18.5 Å². The van der Waals surface area contributed by atoms with E-state index in [0.29, 0.717) is 0 Å². The van der Waals surface area contributed by atoms with E-state index < -0.39 is 11.5 Å². The van der Waals surface area contributed by atoms with Crippen LogP contribution in [0.3, 0.4) is 0 Å². The predicted octanol–water partition coefficient (Wildman–Crippen LogP) is 3.34. The average molecular weight is 298 g/mol. The molecule has 0 aromatic rings. The van der Waals surface area contributed by atoms with Crippen molar-refractivity contribution in [2.45, 2.75) is 76.8 Å². The first kappa shape index (κ1) is 17.8. The van der Waals surface area contributed by atoms with Crippen LogP contribution in [0.4, 0.5) is 4.79 Å². The van der Waals surface area contributed by atoms with Crippen LogP contribution in [0, 0.1) is 0 Å². The number of nitrogens with zero attached hydrogens (tertiary/aromatic N) is 2. The van der Waals surface area contributed by atoms with Gasteiger partial charge in [0.15, 0.2) is 0 Å². The topological polar surface area (TPSA) is 60.9 Å². The minimum absolute atomic E-state index is 0.0476. The van der Waals surface area contributed by atoms with E-state index in [1.54, 1.807) is 16.8 Å². The fourth-order valence-electron chi connectivity index (χ4n) is 3.55. The van der Waals surface area contributed by atoms with Gasteiger partial charge < -0.3 is 14.9 Å². The van der Waals surface area contributed by atoms with Crippen molar-refractivity contribution in [1.82, 2.24) is 9.80 Å². The van der Waals surface area contributed by atoms with Crippen molar-refractivity contribution in [3.05, 3.63) is 0 Å². The molecule has 0 spiro atoms. The smallest absolute Gasteiger partial charge is 0.320 e. The second kappa shape index (κ2) is 7.66.